The number of hydrogen-bond acceptors (Lipinski definition) is 4. The van der Waals surface area contributed by atoms with Gasteiger partial charge in [-0.2, -0.15) is 0 Å². The molecule has 0 unspecified atom stereocenters. The van der Waals surface area contributed by atoms with Crippen molar-refractivity contribution in [2.45, 2.75) is 58.2 Å². The van der Waals surface area contributed by atoms with Gasteiger partial charge in [-0.15, -0.1) is 0 Å². The topological polar surface area (TPSA) is 96.1 Å². The molecule has 5 rings (SSSR count). The van der Waals surface area contributed by atoms with Crippen LogP contribution in [-0.4, -0.2) is 27.6 Å². The molecule has 0 spiro atoms. The molecular weight excluding hydrogens is 440 g/mol. The van der Waals surface area contributed by atoms with E-state index in [1.807, 2.05) is 52.0 Å². The fraction of sp³-hybridized carbons (Fsp3) is 0.321. The lowest BCUT2D eigenvalue weighted by Crippen LogP contribution is -2.35. The first-order valence-corrected chi connectivity index (χ1v) is 11.9. The highest BCUT2D eigenvalue weighted by Gasteiger charge is 2.46. The normalized spacial score (nSPS) is 14.6. The third kappa shape index (κ3) is 4.71. The summed E-state index contributed by atoms with van der Waals surface area (Å²) in [4.78, 5) is 33.1. The number of fused-ring (bicyclic) bond motifs is 2. The Balaban J connectivity index is 1.35. The van der Waals surface area contributed by atoms with Gasteiger partial charge in [-0.05, 0) is 74.6 Å². The molecule has 1 aliphatic carbocycles. The lowest BCUT2D eigenvalue weighted by atomic mass is 9.96. The minimum absolute atomic E-state index is 0.105. The number of ether oxygens (including phenoxy) is 1. The van der Waals surface area contributed by atoms with Crippen LogP contribution in [0.5, 0.6) is 0 Å². The van der Waals surface area contributed by atoms with Crippen LogP contribution in [0, 0.1) is 6.92 Å². The van der Waals surface area contributed by atoms with E-state index in [9.17, 15) is 9.59 Å². The van der Waals surface area contributed by atoms with E-state index < -0.39 is 11.7 Å². The Labute approximate surface area is 204 Å². The van der Waals surface area contributed by atoms with Crippen molar-refractivity contribution in [3.8, 4) is 0 Å². The van der Waals surface area contributed by atoms with Gasteiger partial charge in [0.25, 0.3) is 5.91 Å². The van der Waals surface area contributed by atoms with E-state index >= 15 is 0 Å². The van der Waals surface area contributed by atoms with Crippen LogP contribution in [0.4, 0.5) is 4.79 Å². The van der Waals surface area contributed by atoms with Crippen LogP contribution in [0.15, 0.2) is 54.6 Å². The Morgan fingerprint density at radius 1 is 1.09 bits per heavy atom. The molecule has 2 amide bonds. The van der Waals surface area contributed by atoms with Gasteiger partial charge < -0.3 is 20.4 Å². The van der Waals surface area contributed by atoms with E-state index in [-0.39, 0.29) is 18.0 Å². The Morgan fingerprint density at radius 2 is 1.83 bits per heavy atom. The highest BCUT2D eigenvalue weighted by Crippen LogP contribution is 2.48. The number of benzene rings is 3. The second-order valence-electron chi connectivity index (χ2n) is 10.3. The van der Waals surface area contributed by atoms with Crippen molar-refractivity contribution < 1.29 is 14.3 Å². The number of carbonyl (C=O) groups is 2. The SMILES string of the molecule is Cc1cc2[nH]c(CNC(=O)OC(C)(C)C)nc2cc1C(=O)NC1(c2cccc3ccccc23)CC1. The number of aromatic amines is 1. The molecule has 3 aromatic carbocycles. The molecular formula is C28H30N4O3. The Morgan fingerprint density at radius 3 is 2.57 bits per heavy atom. The van der Waals surface area contributed by atoms with Crippen molar-refractivity contribution in [3.63, 3.8) is 0 Å². The van der Waals surface area contributed by atoms with E-state index in [1.54, 1.807) is 0 Å². The van der Waals surface area contributed by atoms with Crippen LogP contribution in [0.2, 0.25) is 0 Å². The number of amides is 2. The first-order valence-electron chi connectivity index (χ1n) is 11.9. The molecule has 0 radical (unpaired) electrons. The number of aromatic nitrogens is 2. The standard InChI is InChI=1S/C28H30N4O3/c1-17-14-22-23(31-24(30-22)16-29-26(34)35-27(2,3)4)15-20(17)25(33)32-28(12-13-28)21-11-7-9-18-8-5-6-10-19(18)21/h5-11,14-15H,12-13,16H2,1-4H3,(H,29,34)(H,30,31)(H,32,33). The second-order valence-corrected chi connectivity index (χ2v) is 10.3. The molecule has 1 aliphatic rings. The number of carbonyl (C=O) groups excluding carboxylic acids is 2. The van der Waals surface area contributed by atoms with Gasteiger partial charge >= 0.3 is 6.09 Å². The van der Waals surface area contributed by atoms with Gasteiger partial charge in [-0.1, -0.05) is 42.5 Å². The molecule has 1 saturated carbocycles. The number of nitrogens with one attached hydrogen (secondary N) is 3. The molecule has 180 valence electrons. The zero-order valence-corrected chi connectivity index (χ0v) is 20.5. The quantitative estimate of drug-likeness (QED) is 0.360. The first-order chi connectivity index (χ1) is 16.6. The van der Waals surface area contributed by atoms with Gasteiger partial charge in [0.05, 0.1) is 23.1 Å². The minimum Gasteiger partial charge on any atom is -0.444 e. The summed E-state index contributed by atoms with van der Waals surface area (Å²) in [6, 6.07) is 18.3. The monoisotopic (exact) mass is 470 g/mol. The Kier molecular flexibility index (Phi) is 5.50. The van der Waals surface area contributed by atoms with Crippen molar-refractivity contribution in [2.24, 2.45) is 0 Å². The van der Waals surface area contributed by atoms with E-state index in [0.717, 1.165) is 29.5 Å². The summed E-state index contributed by atoms with van der Waals surface area (Å²) >= 11 is 0. The predicted octanol–water partition coefficient (Wildman–Crippen LogP) is 5.47. The maximum absolute atomic E-state index is 13.4. The van der Waals surface area contributed by atoms with Crippen molar-refractivity contribution >= 4 is 33.8 Å². The molecule has 0 aliphatic heterocycles. The lowest BCUT2D eigenvalue weighted by Gasteiger charge is -2.21. The number of aryl methyl sites for hydroxylation is 1. The molecule has 7 nitrogen and oxygen atoms in total. The second kappa shape index (κ2) is 8.41. The molecule has 4 aromatic rings. The molecule has 0 atom stereocenters. The zero-order valence-electron chi connectivity index (χ0n) is 20.5. The summed E-state index contributed by atoms with van der Waals surface area (Å²) in [5, 5.41) is 8.37. The summed E-state index contributed by atoms with van der Waals surface area (Å²) in [5.74, 6) is 0.489. The lowest BCUT2D eigenvalue weighted by molar-refractivity contribution is 0.0522. The smallest absolute Gasteiger partial charge is 0.408 e. The van der Waals surface area contributed by atoms with Crippen LogP contribution in [0.25, 0.3) is 21.8 Å². The fourth-order valence-corrected chi connectivity index (χ4v) is 4.53. The van der Waals surface area contributed by atoms with E-state index in [2.05, 4.69) is 50.9 Å². The van der Waals surface area contributed by atoms with Crippen molar-refractivity contribution in [3.05, 3.63) is 77.1 Å². The number of H-pyrrole nitrogens is 1. The number of hydrogen-bond donors (Lipinski definition) is 3. The molecule has 0 saturated heterocycles. The summed E-state index contributed by atoms with van der Waals surface area (Å²) < 4.78 is 5.27. The predicted molar refractivity (Wildman–Crippen MR) is 136 cm³/mol. The molecule has 3 N–H and O–H groups in total. The maximum atomic E-state index is 13.4. The minimum atomic E-state index is -0.567. The third-order valence-electron chi connectivity index (χ3n) is 6.33. The van der Waals surface area contributed by atoms with Gasteiger partial charge in [0.1, 0.15) is 11.4 Å². The van der Waals surface area contributed by atoms with E-state index in [0.29, 0.717) is 16.9 Å². The summed E-state index contributed by atoms with van der Waals surface area (Å²) in [7, 11) is 0. The largest absolute Gasteiger partial charge is 0.444 e. The molecule has 35 heavy (non-hydrogen) atoms. The van der Waals surface area contributed by atoms with Crippen LogP contribution < -0.4 is 10.6 Å². The average Bonchev–Trinajstić information content (AvgIpc) is 3.46. The average molecular weight is 471 g/mol. The third-order valence-corrected chi connectivity index (χ3v) is 6.33. The summed E-state index contributed by atoms with van der Waals surface area (Å²) in [5.41, 5.74) is 3.21. The number of alkyl carbamates (subject to hydrolysis) is 1. The van der Waals surface area contributed by atoms with Crippen molar-refractivity contribution in [1.82, 2.24) is 20.6 Å². The number of rotatable bonds is 5. The van der Waals surface area contributed by atoms with Gasteiger partial charge in [0.15, 0.2) is 0 Å². The molecule has 0 bridgehead atoms. The summed E-state index contributed by atoms with van der Waals surface area (Å²) in [6.07, 6.45) is 1.32. The Bertz CT molecular complexity index is 1440. The molecule has 1 aromatic heterocycles. The number of imidazole rings is 1. The first kappa shape index (κ1) is 22.9. The zero-order chi connectivity index (χ0) is 24.8. The highest BCUT2D eigenvalue weighted by atomic mass is 16.6. The van der Waals surface area contributed by atoms with Gasteiger partial charge in [0.2, 0.25) is 0 Å². The van der Waals surface area contributed by atoms with Crippen LogP contribution in [0.1, 0.15) is 60.9 Å². The maximum Gasteiger partial charge on any atom is 0.408 e. The van der Waals surface area contributed by atoms with Crippen LogP contribution in [-0.2, 0) is 16.8 Å². The van der Waals surface area contributed by atoms with Crippen molar-refractivity contribution in [1.29, 1.82) is 0 Å². The fourth-order valence-electron chi connectivity index (χ4n) is 4.53. The van der Waals surface area contributed by atoms with Crippen molar-refractivity contribution in [2.75, 3.05) is 0 Å². The summed E-state index contributed by atoms with van der Waals surface area (Å²) in [6.45, 7) is 7.57. The van der Waals surface area contributed by atoms with Crippen LogP contribution >= 0.6 is 0 Å². The van der Waals surface area contributed by atoms with Gasteiger partial charge in [-0.25, -0.2) is 9.78 Å². The molecule has 1 heterocycles. The van der Waals surface area contributed by atoms with E-state index in [4.69, 9.17) is 4.74 Å². The molecule has 7 heteroatoms. The van der Waals surface area contributed by atoms with E-state index in [1.165, 1.54) is 10.8 Å². The van der Waals surface area contributed by atoms with Gasteiger partial charge in [-0.3, -0.25) is 4.79 Å². The van der Waals surface area contributed by atoms with Crippen LogP contribution in [0.3, 0.4) is 0 Å². The number of nitrogens with zero attached hydrogens (tertiary/aromatic N) is 1. The Hall–Kier alpha value is -3.87. The molecule has 1 fully saturated rings. The van der Waals surface area contributed by atoms with Gasteiger partial charge in [0, 0.05) is 5.56 Å². The highest BCUT2D eigenvalue weighted by molar-refractivity contribution is 6.00.